The average molecular weight is 153 g/mol. The SMILES string of the molecule is Cl.NC1CCCCNO1. The molecule has 0 bridgehead atoms. The van der Waals surface area contributed by atoms with Crippen molar-refractivity contribution in [2.45, 2.75) is 25.5 Å². The van der Waals surface area contributed by atoms with Crippen LogP contribution in [0.4, 0.5) is 0 Å². The predicted octanol–water partition coefficient (Wildman–Crippen LogP) is 0.398. The van der Waals surface area contributed by atoms with Crippen molar-refractivity contribution in [3.05, 3.63) is 0 Å². The van der Waals surface area contributed by atoms with Crippen LogP contribution in [0.15, 0.2) is 0 Å². The molecule has 3 nitrogen and oxygen atoms in total. The van der Waals surface area contributed by atoms with Gasteiger partial charge in [-0.15, -0.1) is 12.4 Å². The van der Waals surface area contributed by atoms with E-state index in [2.05, 4.69) is 5.48 Å². The normalized spacial score (nSPS) is 28.3. The first kappa shape index (κ1) is 9.17. The van der Waals surface area contributed by atoms with Crippen LogP contribution in [0, 0.1) is 0 Å². The molecule has 1 atom stereocenters. The Morgan fingerprint density at radius 3 is 3.00 bits per heavy atom. The lowest BCUT2D eigenvalue weighted by molar-refractivity contribution is -0.0131. The van der Waals surface area contributed by atoms with Gasteiger partial charge in [-0.1, -0.05) is 0 Å². The van der Waals surface area contributed by atoms with Gasteiger partial charge in [0.1, 0.15) is 6.23 Å². The Labute approximate surface area is 61.3 Å². The Hall–Kier alpha value is 0.170. The summed E-state index contributed by atoms with van der Waals surface area (Å²) in [5, 5.41) is 0. The maximum absolute atomic E-state index is 5.45. The monoisotopic (exact) mass is 152 g/mol. The summed E-state index contributed by atoms with van der Waals surface area (Å²) in [6.07, 6.45) is 3.24. The Morgan fingerprint density at radius 1 is 1.44 bits per heavy atom. The van der Waals surface area contributed by atoms with Gasteiger partial charge in [0, 0.05) is 6.54 Å². The van der Waals surface area contributed by atoms with Crippen molar-refractivity contribution in [1.82, 2.24) is 5.48 Å². The molecule has 1 saturated heterocycles. The maximum Gasteiger partial charge on any atom is 0.127 e. The number of nitrogens with one attached hydrogen (secondary N) is 1. The molecule has 1 rings (SSSR count). The van der Waals surface area contributed by atoms with Gasteiger partial charge in [0.2, 0.25) is 0 Å². The van der Waals surface area contributed by atoms with Crippen LogP contribution in [0.3, 0.4) is 0 Å². The summed E-state index contributed by atoms with van der Waals surface area (Å²) in [5.74, 6) is 0. The molecule has 3 N–H and O–H groups in total. The van der Waals surface area contributed by atoms with E-state index >= 15 is 0 Å². The van der Waals surface area contributed by atoms with E-state index in [1.165, 1.54) is 12.8 Å². The second-order valence-corrected chi connectivity index (χ2v) is 2.05. The average Bonchev–Trinajstić information content (AvgIpc) is 1.94. The summed E-state index contributed by atoms with van der Waals surface area (Å²) >= 11 is 0. The zero-order chi connectivity index (χ0) is 5.82. The highest BCUT2D eigenvalue weighted by atomic mass is 35.5. The number of rotatable bonds is 0. The van der Waals surface area contributed by atoms with Crippen molar-refractivity contribution in [3.63, 3.8) is 0 Å². The van der Waals surface area contributed by atoms with Crippen LogP contribution in [0.25, 0.3) is 0 Å². The molecular formula is C5H13ClN2O. The standard InChI is InChI=1S/C5H12N2O.ClH/c6-5-3-1-2-4-7-8-5;/h5,7H,1-4,6H2;1H. The van der Waals surface area contributed by atoms with Gasteiger partial charge in [0.15, 0.2) is 0 Å². The second kappa shape index (κ2) is 4.99. The maximum atomic E-state index is 5.45. The van der Waals surface area contributed by atoms with Crippen LogP contribution >= 0.6 is 12.4 Å². The van der Waals surface area contributed by atoms with Gasteiger partial charge in [-0.2, -0.15) is 0 Å². The number of halogens is 1. The van der Waals surface area contributed by atoms with E-state index in [0.717, 1.165) is 13.0 Å². The van der Waals surface area contributed by atoms with Gasteiger partial charge in [0.05, 0.1) is 0 Å². The van der Waals surface area contributed by atoms with E-state index in [0.29, 0.717) is 0 Å². The molecule has 0 aliphatic carbocycles. The van der Waals surface area contributed by atoms with Gasteiger partial charge < -0.3 is 5.73 Å². The highest BCUT2D eigenvalue weighted by Crippen LogP contribution is 2.01. The molecule has 0 radical (unpaired) electrons. The van der Waals surface area contributed by atoms with E-state index in [1.807, 2.05) is 0 Å². The third kappa shape index (κ3) is 3.70. The Morgan fingerprint density at radius 2 is 2.22 bits per heavy atom. The number of hydrogen-bond acceptors (Lipinski definition) is 3. The molecule has 1 unspecified atom stereocenters. The van der Waals surface area contributed by atoms with Crippen molar-refractivity contribution >= 4 is 12.4 Å². The van der Waals surface area contributed by atoms with Crippen LogP contribution in [-0.2, 0) is 4.84 Å². The summed E-state index contributed by atoms with van der Waals surface area (Å²) in [7, 11) is 0. The van der Waals surface area contributed by atoms with Gasteiger partial charge in [-0.05, 0) is 19.3 Å². The highest BCUT2D eigenvalue weighted by Gasteiger charge is 2.05. The number of hydroxylamine groups is 1. The molecule has 0 spiro atoms. The molecule has 0 aromatic heterocycles. The van der Waals surface area contributed by atoms with E-state index < -0.39 is 0 Å². The van der Waals surface area contributed by atoms with E-state index in [-0.39, 0.29) is 18.6 Å². The van der Waals surface area contributed by atoms with Gasteiger partial charge in [-0.3, -0.25) is 4.84 Å². The molecule has 0 saturated carbocycles. The Bertz CT molecular complexity index is 64.0. The lowest BCUT2D eigenvalue weighted by Crippen LogP contribution is -2.28. The fourth-order valence-electron chi connectivity index (χ4n) is 0.768. The molecule has 1 aliphatic heterocycles. The quantitative estimate of drug-likeness (QED) is 0.528. The molecule has 1 aliphatic rings. The third-order valence-electron chi connectivity index (χ3n) is 1.25. The van der Waals surface area contributed by atoms with Crippen LogP contribution in [0.2, 0.25) is 0 Å². The van der Waals surface area contributed by atoms with Crippen molar-refractivity contribution in [2.75, 3.05) is 6.54 Å². The summed E-state index contributed by atoms with van der Waals surface area (Å²) in [4.78, 5) is 4.93. The topological polar surface area (TPSA) is 47.3 Å². The van der Waals surface area contributed by atoms with E-state index in [1.54, 1.807) is 0 Å². The fraction of sp³-hybridized carbons (Fsp3) is 1.00. The zero-order valence-corrected chi connectivity index (χ0v) is 6.12. The third-order valence-corrected chi connectivity index (χ3v) is 1.25. The number of hydrogen-bond donors (Lipinski definition) is 2. The first-order chi connectivity index (χ1) is 3.89. The summed E-state index contributed by atoms with van der Waals surface area (Å²) in [5.41, 5.74) is 8.22. The van der Waals surface area contributed by atoms with Crippen molar-refractivity contribution in [3.8, 4) is 0 Å². The molecule has 0 aromatic rings. The zero-order valence-electron chi connectivity index (χ0n) is 5.30. The number of nitrogens with two attached hydrogens (primary N) is 1. The first-order valence-electron chi connectivity index (χ1n) is 3.03. The molecule has 0 amide bonds. The smallest absolute Gasteiger partial charge is 0.127 e. The molecule has 56 valence electrons. The Balaban J connectivity index is 0.000000640. The molecule has 4 heteroatoms. The fourth-order valence-corrected chi connectivity index (χ4v) is 0.768. The van der Waals surface area contributed by atoms with Crippen LogP contribution in [0.1, 0.15) is 19.3 Å². The van der Waals surface area contributed by atoms with Gasteiger partial charge in [-0.25, -0.2) is 5.48 Å². The van der Waals surface area contributed by atoms with Crippen molar-refractivity contribution < 1.29 is 4.84 Å². The van der Waals surface area contributed by atoms with Gasteiger partial charge >= 0.3 is 0 Å². The minimum Gasteiger partial charge on any atom is -0.304 e. The predicted molar refractivity (Wildman–Crippen MR) is 38.2 cm³/mol. The first-order valence-corrected chi connectivity index (χ1v) is 3.03. The molecular weight excluding hydrogens is 140 g/mol. The lowest BCUT2D eigenvalue weighted by atomic mass is 10.2. The minimum absolute atomic E-state index is 0. The molecule has 1 fully saturated rings. The van der Waals surface area contributed by atoms with Gasteiger partial charge in [0.25, 0.3) is 0 Å². The van der Waals surface area contributed by atoms with Crippen molar-refractivity contribution in [2.24, 2.45) is 5.73 Å². The molecule has 0 aromatic carbocycles. The lowest BCUT2D eigenvalue weighted by Gasteiger charge is -2.05. The van der Waals surface area contributed by atoms with Crippen LogP contribution < -0.4 is 11.2 Å². The van der Waals surface area contributed by atoms with Crippen LogP contribution in [-0.4, -0.2) is 12.8 Å². The Kier molecular flexibility index (Phi) is 5.09. The second-order valence-electron chi connectivity index (χ2n) is 2.05. The molecule has 1 heterocycles. The minimum atomic E-state index is -0.0856. The van der Waals surface area contributed by atoms with Crippen LogP contribution in [0.5, 0.6) is 0 Å². The highest BCUT2D eigenvalue weighted by molar-refractivity contribution is 5.85. The van der Waals surface area contributed by atoms with Crippen molar-refractivity contribution in [1.29, 1.82) is 0 Å². The largest absolute Gasteiger partial charge is 0.304 e. The summed E-state index contributed by atoms with van der Waals surface area (Å²) < 4.78 is 0. The van der Waals surface area contributed by atoms with E-state index in [9.17, 15) is 0 Å². The van der Waals surface area contributed by atoms with E-state index in [4.69, 9.17) is 10.6 Å². The summed E-state index contributed by atoms with van der Waals surface area (Å²) in [6, 6.07) is 0. The molecule has 9 heavy (non-hydrogen) atoms. The summed E-state index contributed by atoms with van der Waals surface area (Å²) in [6.45, 7) is 0.938.